The van der Waals surface area contributed by atoms with Crippen LogP contribution in [0, 0.1) is 0 Å². The van der Waals surface area contributed by atoms with Crippen molar-refractivity contribution in [1.29, 1.82) is 0 Å². The van der Waals surface area contributed by atoms with Crippen LogP contribution in [0.1, 0.15) is 17.4 Å². The number of methoxy groups -OCH3 is 2. The number of hydrogen-bond acceptors (Lipinski definition) is 5. The third-order valence-electron chi connectivity index (χ3n) is 2.24. The maximum Gasteiger partial charge on any atom is 0.203 e. The molecule has 6 nitrogen and oxygen atoms in total. The van der Waals surface area contributed by atoms with E-state index in [4.69, 9.17) is 15.2 Å². The number of hydrogen-bond donors (Lipinski definition) is 1. The first-order valence-corrected chi connectivity index (χ1v) is 5.04. The number of aryl methyl sites for hydroxylation is 1. The number of nitrogens with zero attached hydrogens (tertiary/aromatic N) is 2. The van der Waals surface area contributed by atoms with Gasteiger partial charge in [0.15, 0.2) is 5.75 Å². The predicted molar refractivity (Wildman–Crippen MR) is 58.6 cm³/mol. The summed E-state index contributed by atoms with van der Waals surface area (Å²) in [6.07, 6.45) is 1.51. The lowest BCUT2D eigenvalue weighted by Crippen LogP contribution is -2.36. The third kappa shape index (κ3) is 2.40. The van der Waals surface area contributed by atoms with E-state index in [9.17, 15) is 4.79 Å². The Kier molecular flexibility index (Phi) is 4.45. The lowest BCUT2D eigenvalue weighted by atomic mass is 10.1. The molecule has 0 aliphatic carbocycles. The fraction of sp³-hybridized carbons (Fsp3) is 0.600. The van der Waals surface area contributed by atoms with Crippen molar-refractivity contribution in [3.8, 4) is 5.75 Å². The van der Waals surface area contributed by atoms with Crippen LogP contribution in [0.15, 0.2) is 6.20 Å². The van der Waals surface area contributed by atoms with Crippen molar-refractivity contribution in [2.45, 2.75) is 19.5 Å². The standard InChI is InChI=1S/C10H17N3O3/c1-4-13-9(8(16-3)5-12-13)10(14)7(11)6-15-2/h5,7H,4,6,11H2,1-3H3. The molecule has 0 spiro atoms. The predicted octanol–water partition coefficient (Wildman–Crippen LogP) is 0.0680. The lowest BCUT2D eigenvalue weighted by Gasteiger charge is -2.11. The molecule has 2 N–H and O–H groups in total. The normalized spacial score (nSPS) is 12.5. The van der Waals surface area contributed by atoms with Crippen LogP contribution in [0.4, 0.5) is 0 Å². The summed E-state index contributed by atoms with van der Waals surface area (Å²) in [4.78, 5) is 12.0. The molecule has 0 aliphatic heterocycles. The molecule has 1 aromatic rings. The van der Waals surface area contributed by atoms with Crippen molar-refractivity contribution in [2.24, 2.45) is 5.73 Å². The molecule has 0 radical (unpaired) electrons. The Morgan fingerprint density at radius 2 is 2.31 bits per heavy atom. The van der Waals surface area contributed by atoms with Crippen LogP contribution in [-0.2, 0) is 11.3 Å². The van der Waals surface area contributed by atoms with Gasteiger partial charge in [-0.05, 0) is 6.92 Å². The molecular formula is C10H17N3O3. The SMILES string of the molecule is CCn1ncc(OC)c1C(=O)C(N)COC. The lowest BCUT2D eigenvalue weighted by molar-refractivity contribution is 0.0878. The highest BCUT2D eigenvalue weighted by Gasteiger charge is 2.24. The van der Waals surface area contributed by atoms with Gasteiger partial charge < -0.3 is 15.2 Å². The Labute approximate surface area is 94.3 Å². The molecule has 0 saturated carbocycles. The quantitative estimate of drug-likeness (QED) is 0.695. The second-order valence-corrected chi connectivity index (χ2v) is 3.30. The zero-order valence-electron chi connectivity index (χ0n) is 9.77. The molecular weight excluding hydrogens is 210 g/mol. The van der Waals surface area contributed by atoms with Crippen LogP contribution in [0.5, 0.6) is 5.75 Å². The summed E-state index contributed by atoms with van der Waals surface area (Å²) in [5.41, 5.74) is 6.09. The van der Waals surface area contributed by atoms with E-state index in [1.807, 2.05) is 6.92 Å². The molecule has 0 fully saturated rings. The minimum atomic E-state index is -0.694. The summed E-state index contributed by atoms with van der Waals surface area (Å²) in [7, 11) is 3.00. The minimum absolute atomic E-state index is 0.177. The number of aromatic nitrogens is 2. The summed E-state index contributed by atoms with van der Waals surface area (Å²) in [6.45, 7) is 2.66. The molecule has 90 valence electrons. The third-order valence-corrected chi connectivity index (χ3v) is 2.24. The summed E-state index contributed by atoms with van der Waals surface area (Å²) in [5.74, 6) is 0.219. The molecule has 1 unspecified atom stereocenters. The Balaban J connectivity index is 3.00. The number of nitrogens with two attached hydrogens (primary N) is 1. The van der Waals surface area contributed by atoms with Crippen LogP contribution >= 0.6 is 0 Å². The Morgan fingerprint density at radius 3 is 2.81 bits per heavy atom. The molecule has 1 atom stereocenters. The number of carbonyl (C=O) groups is 1. The van der Waals surface area contributed by atoms with E-state index in [2.05, 4.69) is 5.10 Å². The minimum Gasteiger partial charge on any atom is -0.493 e. The number of ether oxygens (including phenoxy) is 2. The van der Waals surface area contributed by atoms with Crippen molar-refractivity contribution in [1.82, 2.24) is 9.78 Å². The first-order valence-electron chi connectivity index (χ1n) is 5.04. The highest BCUT2D eigenvalue weighted by molar-refractivity contribution is 6.00. The Hall–Kier alpha value is -1.40. The largest absolute Gasteiger partial charge is 0.493 e. The van der Waals surface area contributed by atoms with Gasteiger partial charge in [-0.15, -0.1) is 0 Å². The first kappa shape index (κ1) is 12.7. The number of carbonyl (C=O) groups excluding carboxylic acids is 1. The molecule has 1 aromatic heterocycles. The van der Waals surface area contributed by atoms with Gasteiger partial charge in [-0.2, -0.15) is 5.10 Å². The summed E-state index contributed by atoms with van der Waals surface area (Å²) >= 11 is 0. The smallest absolute Gasteiger partial charge is 0.203 e. The fourth-order valence-corrected chi connectivity index (χ4v) is 1.44. The number of rotatable bonds is 6. The van der Waals surface area contributed by atoms with Crippen molar-refractivity contribution in [3.05, 3.63) is 11.9 Å². The molecule has 0 aliphatic rings. The Bertz CT molecular complexity index is 341. The van der Waals surface area contributed by atoms with Gasteiger partial charge in [0.25, 0.3) is 0 Å². The van der Waals surface area contributed by atoms with Crippen LogP contribution in [0.25, 0.3) is 0 Å². The van der Waals surface area contributed by atoms with E-state index in [-0.39, 0.29) is 12.4 Å². The maximum absolute atomic E-state index is 12.0. The molecule has 0 amide bonds. The molecule has 16 heavy (non-hydrogen) atoms. The first-order chi connectivity index (χ1) is 7.65. The topological polar surface area (TPSA) is 79.4 Å². The van der Waals surface area contributed by atoms with Gasteiger partial charge in [0.05, 0.1) is 26.0 Å². The highest BCUT2D eigenvalue weighted by atomic mass is 16.5. The van der Waals surface area contributed by atoms with E-state index in [1.54, 1.807) is 4.68 Å². The fourth-order valence-electron chi connectivity index (χ4n) is 1.44. The zero-order chi connectivity index (χ0) is 12.1. The van der Waals surface area contributed by atoms with E-state index < -0.39 is 6.04 Å². The Morgan fingerprint density at radius 1 is 1.62 bits per heavy atom. The maximum atomic E-state index is 12.0. The summed E-state index contributed by atoms with van der Waals surface area (Å²) in [5, 5.41) is 4.04. The van der Waals surface area contributed by atoms with Gasteiger partial charge >= 0.3 is 0 Å². The van der Waals surface area contributed by atoms with Crippen LogP contribution < -0.4 is 10.5 Å². The van der Waals surface area contributed by atoms with Crippen molar-refractivity contribution >= 4 is 5.78 Å². The molecule has 1 heterocycles. The molecule has 0 saturated heterocycles. The second kappa shape index (κ2) is 5.62. The van der Waals surface area contributed by atoms with Crippen LogP contribution in [0.2, 0.25) is 0 Å². The molecule has 6 heteroatoms. The van der Waals surface area contributed by atoms with Gasteiger partial charge in [-0.3, -0.25) is 9.48 Å². The van der Waals surface area contributed by atoms with Crippen molar-refractivity contribution in [3.63, 3.8) is 0 Å². The average Bonchev–Trinajstić information content (AvgIpc) is 2.70. The van der Waals surface area contributed by atoms with Gasteiger partial charge in [-0.25, -0.2) is 0 Å². The molecule has 0 aromatic carbocycles. The van der Waals surface area contributed by atoms with E-state index in [1.165, 1.54) is 20.4 Å². The average molecular weight is 227 g/mol. The van der Waals surface area contributed by atoms with Gasteiger partial charge in [0.1, 0.15) is 5.69 Å². The van der Waals surface area contributed by atoms with Crippen LogP contribution in [-0.4, -0.2) is 42.4 Å². The number of Topliss-reactive ketones (excluding diaryl/α,β-unsaturated/α-hetero) is 1. The zero-order valence-corrected chi connectivity index (χ0v) is 9.77. The van der Waals surface area contributed by atoms with E-state index in [0.717, 1.165) is 0 Å². The molecule has 0 bridgehead atoms. The van der Waals surface area contributed by atoms with Crippen molar-refractivity contribution in [2.75, 3.05) is 20.8 Å². The van der Waals surface area contributed by atoms with Gasteiger partial charge in [0, 0.05) is 13.7 Å². The van der Waals surface area contributed by atoms with Crippen molar-refractivity contribution < 1.29 is 14.3 Å². The highest BCUT2D eigenvalue weighted by Crippen LogP contribution is 2.18. The van der Waals surface area contributed by atoms with E-state index in [0.29, 0.717) is 18.0 Å². The van der Waals surface area contributed by atoms with Crippen LogP contribution in [0.3, 0.4) is 0 Å². The molecule has 1 rings (SSSR count). The summed E-state index contributed by atoms with van der Waals surface area (Å²) < 4.78 is 11.5. The monoisotopic (exact) mass is 227 g/mol. The van der Waals surface area contributed by atoms with E-state index >= 15 is 0 Å². The summed E-state index contributed by atoms with van der Waals surface area (Å²) in [6, 6.07) is -0.694. The number of ketones is 1. The van der Waals surface area contributed by atoms with Gasteiger partial charge in [0.2, 0.25) is 5.78 Å². The van der Waals surface area contributed by atoms with Gasteiger partial charge in [-0.1, -0.05) is 0 Å². The second-order valence-electron chi connectivity index (χ2n) is 3.30.